The van der Waals surface area contributed by atoms with Gasteiger partial charge >= 0.3 is 0 Å². The van der Waals surface area contributed by atoms with Crippen LogP contribution in [0.1, 0.15) is 20.3 Å². The number of thiol groups is 1. The third-order valence-corrected chi connectivity index (χ3v) is 3.01. The first kappa shape index (κ1) is 10.9. The maximum Gasteiger partial charge on any atom is 0.233 e. The van der Waals surface area contributed by atoms with Gasteiger partial charge in [-0.2, -0.15) is 12.6 Å². The Kier molecular flexibility index (Phi) is 4.06. The average molecular weight is 203 g/mol. The molecule has 0 aromatic rings. The molecule has 2 atom stereocenters. The van der Waals surface area contributed by atoms with Gasteiger partial charge in [-0.1, -0.05) is 13.8 Å². The summed E-state index contributed by atoms with van der Waals surface area (Å²) in [6.07, 6.45) is 0.921. The van der Waals surface area contributed by atoms with Gasteiger partial charge in [-0.05, 0) is 12.3 Å². The maximum absolute atomic E-state index is 11.5. The summed E-state index contributed by atoms with van der Waals surface area (Å²) in [5, 5.41) is 2.71. The summed E-state index contributed by atoms with van der Waals surface area (Å²) in [5.74, 6) is 0.291. The number of carbonyl (C=O) groups excluding carboxylic acids is 1. The summed E-state index contributed by atoms with van der Waals surface area (Å²) in [6.45, 7) is 5.37. The van der Waals surface area contributed by atoms with Gasteiger partial charge in [0.05, 0.1) is 17.9 Å². The van der Waals surface area contributed by atoms with E-state index in [1.54, 1.807) is 0 Å². The first-order valence-electron chi connectivity index (χ1n) is 4.67. The molecule has 0 aromatic heterocycles. The Morgan fingerprint density at radius 1 is 1.62 bits per heavy atom. The molecule has 0 spiro atoms. The van der Waals surface area contributed by atoms with Crippen LogP contribution in [0.4, 0.5) is 0 Å². The van der Waals surface area contributed by atoms with E-state index in [9.17, 15) is 4.79 Å². The highest BCUT2D eigenvalue weighted by Crippen LogP contribution is 2.10. The van der Waals surface area contributed by atoms with Gasteiger partial charge in [-0.15, -0.1) is 0 Å². The number of amides is 1. The second-order valence-corrected chi connectivity index (χ2v) is 4.31. The van der Waals surface area contributed by atoms with Crippen LogP contribution in [-0.2, 0) is 9.53 Å². The minimum atomic E-state index is -0.208. The molecule has 1 fully saturated rings. The van der Waals surface area contributed by atoms with Gasteiger partial charge in [0, 0.05) is 6.61 Å². The smallest absolute Gasteiger partial charge is 0.233 e. The highest BCUT2D eigenvalue weighted by atomic mass is 32.1. The van der Waals surface area contributed by atoms with Crippen LogP contribution >= 0.6 is 12.6 Å². The zero-order valence-corrected chi connectivity index (χ0v) is 9.01. The molecule has 1 aliphatic heterocycles. The Morgan fingerprint density at radius 2 is 2.31 bits per heavy atom. The van der Waals surface area contributed by atoms with E-state index >= 15 is 0 Å². The second-order valence-electron chi connectivity index (χ2n) is 3.76. The third-order valence-electron chi connectivity index (χ3n) is 2.18. The summed E-state index contributed by atoms with van der Waals surface area (Å²) in [7, 11) is 0. The van der Waals surface area contributed by atoms with Crippen LogP contribution in [0.5, 0.6) is 0 Å². The van der Waals surface area contributed by atoms with E-state index in [4.69, 9.17) is 4.74 Å². The fraction of sp³-hybridized carbons (Fsp3) is 0.889. The monoisotopic (exact) mass is 203 g/mol. The fourth-order valence-electron chi connectivity index (χ4n) is 1.24. The van der Waals surface area contributed by atoms with Crippen molar-refractivity contribution in [2.75, 3.05) is 13.2 Å². The topological polar surface area (TPSA) is 38.3 Å². The van der Waals surface area contributed by atoms with Crippen molar-refractivity contribution >= 4 is 18.5 Å². The minimum Gasteiger partial charge on any atom is -0.379 e. The van der Waals surface area contributed by atoms with Crippen LogP contribution in [0.25, 0.3) is 0 Å². The molecule has 0 radical (unpaired) electrons. The van der Waals surface area contributed by atoms with E-state index < -0.39 is 0 Å². The predicted molar refractivity (Wildman–Crippen MR) is 55.0 cm³/mol. The molecule has 0 saturated carbocycles. The largest absolute Gasteiger partial charge is 0.379 e. The standard InChI is InChI=1S/C9H17NO2S/c1-6(2)8(13)9(11)10-7-3-4-12-5-7/h6-8,13H,3-5H2,1-2H3,(H,10,11). The molecule has 1 rings (SSSR count). The molecule has 1 saturated heterocycles. The van der Waals surface area contributed by atoms with Gasteiger partial charge in [0.15, 0.2) is 0 Å². The van der Waals surface area contributed by atoms with Gasteiger partial charge in [0.25, 0.3) is 0 Å². The Bertz CT molecular complexity index is 178. The van der Waals surface area contributed by atoms with Crippen molar-refractivity contribution in [3.63, 3.8) is 0 Å². The highest BCUT2D eigenvalue weighted by Gasteiger charge is 2.23. The maximum atomic E-state index is 11.5. The van der Waals surface area contributed by atoms with Crippen LogP contribution in [0.15, 0.2) is 0 Å². The lowest BCUT2D eigenvalue weighted by Crippen LogP contribution is -2.41. The van der Waals surface area contributed by atoms with Crippen LogP contribution in [-0.4, -0.2) is 30.4 Å². The normalized spacial score (nSPS) is 24.8. The Labute approximate surface area is 84.6 Å². The zero-order chi connectivity index (χ0) is 9.84. The minimum absolute atomic E-state index is 0.0221. The summed E-state index contributed by atoms with van der Waals surface area (Å²) in [6, 6.07) is 0.195. The number of hydrogen-bond donors (Lipinski definition) is 2. The SMILES string of the molecule is CC(C)C(S)C(=O)NC1CCOC1. The quantitative estimate of drug-likeness (QED) is 0.667. The van der Waals surface area contributed by atoms with Gasteiger partial charge in [0.1, 0.15) is 0 Å². The van der Waals surface area contributed by atoms with E-state index in [1.165, 1.54) is 0 Å². The summed E-state index contributed by atoms with van der Waals surface area (Å²) < 4.78 is 5.16. The van der Waals surface area contributed by atoms with Gasteiger partial charge in [-0.3, -0.25) is 4.79 Å². The Balaban J connectivity index is 2.31. The number of hydrogen-bond acceptors (Lipinski definition) is 3. The van der Waals surface area contributed by atoms with E-state index in [2.05, 4.69) is 17.9 Å². The number of ether oxygens (including phenoxy) is 1. The number of nitrogens with one attached hydrogen (secondary N) is 1. The molecule has 0 aromatic carbocycles. The molecule has 4 heteroatoms. The molecule has 13 heavy (non-hydrogen) atoms. The average Bonchev–Trinajstić information content (AvgIpc) is 2.55. The molecule has 76 valence electrons. The van der Waals surface area contributed by atoms with Crippen molar-refractivity contribution in [2.45, 2.75) is 31.6 Å². The Morgan fingerprint density at radius 3 is 2.77 bits per heavy atom. The second kappa shape index (κ2) is 4.86. The number of carbonyl (C=O) groups is 1. The molecule has 3 nitrogen and oxygen atoms in total. The predicted octanol–water partition coefficient (Wildman–Crippen LogP) is 0.846. The highest BCUT2D eigenvalue weighted by molar-refractivity contribution is 7.81. The molecule has 1 heterocycles. The molecule has 0 bridgehead atoms. The van der Waals surface area contributed by atoms with Crippen molar-refractivity contribution in [3.05, 3.63) is 0 Å². The van der Waals surface area contributed by atoms with Crippen molar-refractivity contribution in [3.8, 4) is 0 Å². The zero-order valence-electron chi connectivity index (χ0n) is 8.12. The van der Waals surface area contributed by atoms with E-state index in [0.29, 0.717) is 6.61 Å². The van der Waals surface area contributed by atoms with Crippen LogP contribution in [0, 0.1) is 5.92 Å². The first-order chi connectivity index (χ1) is 6.11. The number of rotatable bonds is 3. The van der Waals surface area contributed by atoms with Crippen LogP contribution < -0.4 is 5.32 Å². The van der Waals surface area contributed by atoms with Gasteiger partial charge in [-0.25, -0.2) is 0 Å². The van der Waals surface area contributed by atoms with Crippen molar-refractivity contribution < 1.29 is 9.53 Å². The molecule has 1 amide bonds. The molecule has 0 aliphatic carbocycles. The van der Waals surface area contributed by atoms with Crippen LogP contribution in [0.3, 0.4) is 0 Å². The summed E-state index contributed by atoms with van der Waals surface area (Å²) in [4.78, 5) is 11.5. The lowest BCUT2D eigenvalue weighted by Gasteiger charge is -2.17. The Hall–Kier alpha value is -0.220. The van der Waals surface area contributed by atoms with Crippen molar-refractivity contribution in [1.82, 2.24) is 5.32 Å². The molecular weight excluding hydrogens is 186 g/mol. The lowest BCUT2D eigenvalue weighted by atomic mass is 10.1. The fourth-order valence-corrected chi connectivity index (χ4v) is 1.31. The first-order valence-corrected chi connectivity index (χ1v) is 5.19. The molecule has 1 aliphatic rings. The van der Waals surface area contributed by atoms with Crippen LogP contribution in [0.2, 0.25) is 0 Å². The summed E-state index contributed by atoms with van der Waals surface area (Å²) in [5.41, 5.74) is 0. The van der Waals surface area contributed by atoms with E-state index in [-0.39, 0.29) is 23.1 Å². The van der Waals surface area contributed by atoms with Gasteiger partial charge in [0.2, 0.25) is 5.91 Å². The van der Waals surface area contributed by atoms with E-state index in [1.807, 2.05) is 13.8 Å². The lowest BCUT2D eigenvalue weighted by molar-refractivity contribution is -0.121. The summed E-state index contributed by atoms with van der Waals surface area (Å²) >= 11 is 4.24. The molecule has 2 unspecified atom stereocenters. The molecule has 1 N–H and O–H groups in total. The third kappa shape index (κ3) is 3.19. The van der Waals surface area contributed by atoms with Crippen molar-refractivity contribution in [1.29, 1.82) is 0 Å². The van der Waals surface area contributed by atoms with E-state index in [0.717, 1.165) is 13.0 Å². The van der Waals surface area contributed by atoms with Gasteiger partial charge < -0.3 is 10.1 Å². The van der Waals surface area contributed by atoms with Crippen molar-refractivity contribution in [2.24, 2.45) is 5.92 Å². The molecular formula is C9H17NO2S.